The first kappa shape index (κ1) is 16.4. The van der Waals surface area contributed by atoms with E-state index in [2.05, 4.69) is 5.32 Å². The van der Waals surface area contributed by atoms with E-state index in [0.29, 0.717) is 15.6 Å². The van der Waals surface area contributed by atoms with Crippen LogP contribution in [0.5, 0.6) is 0 Å². The molecule has 1 N–H and O–H groups in total. The Kier molecular flexibility index (Phi) is 5.47. The van der Waals surface area contributed by atoms with Crippen LogP contribution in [0.25, 0.3) is 0 Å². The number of nitrogens with zero attached hydrogens (tertiary/aromatic N) is 1. The van der Waals surface area contributed by atoms with Gasteiger partial charge in [-0.15, -0.1) is 0 Å². The second-order valence-electron chi connectivity index (χ2n) is 4.91. The number of carbonyl (C=O) groups is 1. The van der Waals surface area contributed by atoms with Gasteiger partial charge in [-0.1, -0.05) is 23.2 Å². The fourth-order valence-electron chi connectivity index (χ4n) is 1.85. The van der Waals surface area contributed by atoms with E-state index < -0.39 is 0 Å². The van der Waals surface area contributed by atoms with Gasteiger partial charge in [-0.3, -0.25) is 4.79 Å². The summed E-state index contributed by atoms with van der Waals surface area (Å²) in [5.74, 6) is -0.181. The molecule has 0 aliphatic rings. The molecule has 0 heterocycles. The van der Waals surface area contributed by atoms with Gasteiger partial charge in [0, 0.05) is 48.3 Å². The van der Waals surface area contributed by atoms with Gasteiger partial charge >= 0.3 is 0 Å². The van der Waals surface area contributed by atoms with Crippen LogP contribution in [0.3, 0.4) is 0 Å². The summed E-state index contributed by atoms with van der Waals surface area (Å²) >= 11 is 11.8. The molecule has 2 aromatic rings. The molecule has 114 valence electrons. The molecular formula is C17H16Cl2N2O. The molecule has 2 rings (SSSR count). The zero-order valence-electron chi connectivity index (χ0n) is 12.3. The van der Waals surface area contributed by atoms with Gasteiger partial charge in [-0.05, 0) is 42.5 Å². The van der Waals surface area contributed by atoms with Crippen LogP contribution in [0.2, 0.25) is 10.0 Å². The second-order valence-corrected chi connectivity index (χ2v) is 5.75. The molecule has 0 atom stereocenters. The van der Waals surface area contributed by atoms with E-state index in [1.165, 1.54) is 6.08 Å². The number of anilines is 2. The second kappa shape index (κ2) is 7.34. The van der Waals surface area contributed by atoms with Crippen molar-refractivity contribution in [3.8, 4) is 0 Å². The average Bonchev–Trinajstić information content (AvgIpc) is 2.47. The molecule has 0 radical (unpaired) electrons. The lowest BCUT2D eigenvalue weighted by Gasteiger charge is -2.12. The van der Waals surface area contributed by atoms with E-state index in [1.54, 1.807) is 24.4 Å². The molecule has 3 nitrogen and oxygen atoms in total. The highest BCUT2D eigenvalue weighted by atomic mass is 35.5. The van der Waals surface area contributed by atoms with E-state index >= 15 is 0 Å². The Morgan fingerprint density at radius 1 is 1.09 bits per heavy atom. The van der Waals surface area contributed by atoms with Gasteiger partial charge < -0.3 is 10.2 Å². The van der Waals surface area contributed by atoms with Crippen LogP contribution in [0.15, 0.2) is 54.7 Å². The minimum Gasteiger partial charge on any atom is -0.378 e. The Balaban J connectivity index is 2.01. The summed E-state index contributed by atoms with van der Waals surface area (Å²) in [5, 5.41) is 3.90. The fourth-order valence-corrected chi connectivity index (χ4v) is 2.35. The van der Waals surface area contributed by atoms with Crippen molar-refractivity contribution in [2.45, 2.75) is 0 Å². The summed E-state index contributed by atoms with van der Waals surface area (Å²) in [6.45, 7) is 0. The standard InChI is InChI=1S/C17H16Cl2N2O/c1-21(2)14-6-4-13(5-7-14)20-10-9-17(22)15-8-3-12(18)11-16(15)19/h3-11,20H,1-2H3/b10-9+. The zero-order chi connectivity index (χ0) is 16.1. The maximum absolute atomic E-state index is 12.0. The number of allylic oxidation sites excluding steroid dienone is 1. The predicted molar refractivity (Wildman–Crippen MR) is 94.3 cm³/mol. The Hall–Kier alpha value is -1.97. The van der Waals surface area contributed by atoms with Crippen molar-refractivity contribution in [3.05, 3.63) is 70.3 Å². The summed E-state index contributed by atoms with van der Waals surface area (Å²) in [4.78, 5) is 14.1. The highest BCUT2D eigenvalue weighted by Gasteiger charge is 2.07. The summed E-state index contributed by atoms with van der Waals surface area (Å²) in [6, 6.07) is 12.7. The van der Waals surface area contributed by atoms with Crippen LogP contribution in [0.1, 0.15) is 10.4 Å². The fraction of sp³-hybridized carbons (Fsp3) is 0.118. The van der Waals surface area contributed by atoms with Crippen LogP contribution < -0.4 is 10.2 Å². The molecule has 2 aromatic carbocycles. The van der Waals surface area contributed by atoms with E-state index in [9.17, 15) is 4.79 Å². The lowest BCUT2D eigenvalue weighted by atomic mass is 10.1. The SMILES string of the molecule is CN(C)c1ccc(N/C=C/C(=O)c2ccc(Cl)cc2Cl)cc1. The molecule has 0 bridgehead atoms. The van der Waals surface area contributed by atoms with Gasteiger partial charge in [0.1, 0.15) is 0 Å². The van der Waals surface area contributed by atoms with Crippen LogP contribution >= 0.6 is 23.2 Å². The monoisotopic (exact) mass is 334 g/mol. The number of carbonyl (C=O) groups excluding carboxylic acids is 1. The third-order valence-corrected chi connectivity index (χ3v) is 3.61. The normalized spacial score (nSPS) is 10.7. The quantitative estimate of drug-likeness (QED) is 0.625. The van der Waals surface area contributed by atoms with Crippen LogP contribution in [0, 0.1) is 0 Å². The molecule has 0 saturated heterocycles. The minimum absolute atomic E-state index is 0.181. The predicted octanol–water partition coefficient (Wildman–Crippen LogP) is 4.87. The van der Waals surface area contributed by atoms with Crippen molar-refractivity contribution in [1.29, 1.82) is 0 Å². The Labute approximate surface area is 140 Å². The molecule has 0 saturated carbocycles. The molecule has 0 unspecified atom stereocenters. The van der Waals surface area contributed by atoms with Crippen molar-refractivity contribution in [2.75, 3.05) is 24.3 Å². The van der Waals surface area contributed by atoms with Gasteiger partial charge in [0.15, 0.2) is 5.78 Å². The summed E-state index contributed by atoms with van der Waals surface area (Å²) < 4.78 is 0. The average molecular weight is 335 g/mol. The lowest BCUT2D eigenvalue weighted by Crippen LogP contribution is -2.08. The third-order valence-electron chi connectivity index (χ3n) is 3.07. The van der Waals surface area contributed by atoms with Crippen molar-refractivity contribution in [2.24, 2.45) is 0 Å². The number of nitrogens with one attached hydrogen (secondary N) is 1. The highest BCUT2D eigenvalue weighted by Crippen LogP contribution is 2.21. The van der Waals surface area contributed by atoms with Crippen LogP contribution in [-0.4, -0.2) is 19.9 Å². The topological polar surface area (TPSA) is 32.3 Å². The van der Waals surface area contributed by atoms with Gasteiger partial charge in [-0.2, -0.15) is 0 Å². The largest absolute Gasteiger partial charge is 0.378 e. The van der Waals surface area contributed by atoms with E-state index in [4.69, 9.17) is 23.2 Å². The Morgan fingerprint density at radius 2 is 1.77 bits per heavy atom. The van der Waals surface area contributed by atoms with Gasteiger partial charge in [-0.25, -0.2) is 0 Å². The smallest absolute Gasteiger partial charge is 0.188 e. The summed E-state index contributed by atoms with van der Waals surface area (Å²) in [7, 11) is 3.97. The van der Waals surface area contributed by atoms with Gasteiger partial charge in [0.2, 0.25) is 0 Å². The number of ketones is 1. The Bertz CT molecular complexity index is 694. The van der Waals surface area contributed by atoms with Gasteiger partial charge in [0.25, 0.3) is 0 Å². The van der Waals surface area contributed by atoms with Crippen molar-refractivity contribution >= 4 is 40.4 Å². The maximum Gasteiger partial charge on any atom is 0.188 e. The first-order valence-corrected chi connectivity index (χ1v) is 7.43. The van der Waals surface area contributed by atoms with Crippen LogP contribution in [0.4, 0.5) is 11.4 Å². The minimum atomic E-state index is -0.181. The molecule has 0 aliphatic carbocycles. The van der Waals surface area contributed by atoms with Crippen LogP contribution in [-0.2, 0) is 0 Å². The number of rotatable bonds is 5. The Morgan fingerprint density at radius 3 is 2.36 bits per heavy atom. The van der Waals surface area contributed by atoms with E-state index in [-0.39, 0.29) is 5.78 Å². The molecule has 0 fully saturated rings. The number of benzene rings is 2. The number of halogens is 2. The van der Waals surface area contributed by atoms with Gasteiger partial charge in [0.05, 0.1) is 5.02 Å². The molecule has 22 heavy (non-hydrogen) atoms. The number of hydrogen-bond donors (Lipinski definition) is 1. The molecule has 0 spiro atoms. The zero-order valence-corrected chi connectivity index (χ0v) is 13.8. The first-order chi connectivity index (χ1) is 10.5. The summed E-state index contributed by atoms with van der Waals surface area (Å²) in [6.07, 6.45) is 3.03. The molecule has 5 heteroatoms. The lowest BCUT2D eigenvalue weighted by molar-refractivity contribution is 0.104. The first-order valence-electron chi connectivity index (χ1n) is 6.67. The number of hydrogen-bond acceptors (Lipinski definition) is 3. The third kappa shape index (κ3) is 4.26. The van der Waals surface area contributed by atoms with E-state index in [0.717, 1.165) is 11.4 Å². The molecule has 0 amide bonds. The molecule has 0 aromatic heterocycles. The molecular weight excluding hydrogens is 319 g/mol. The highest BCUT2D eigenvalue weighted by molar-refractivity contribution is 6.37. The van der Waals surface area contributed by atoms with Crippen molar-refractivity contribution in [1.82, 2.24) is 0 Å². The maximum atomic E-state index is 12.0. The van der Waals surface area contributed by atoms with Crippen molar-refractivity contribution < 1.29 is 4.79 Å². The summed E-state index contributed by atoms with van der Waals surface area (Å²) in [5.41, 5.74) is 2.43. The van der Waals surface area contributed by atoms with E-state index in [1.807, 2.05) is 43.3 Å². The van der Waals surface area contributed by atoms with Crippen molar-refractivity contribution in [3.63, 3.8) is 0 Å². The molecule has 0 aliphatic heterocycles.